The normalized spacial score (nSPS) is 11.2. The van der Waals surface area contributed by atoms with Gasteiger partial charge < -0.3 is 20.3 Å². The molecular formula is C20H26N10O4. The van der Waals surface area contributed by atoms with Gasteiger partial charge in [0.25, 0.3) is 5.91 Å². The van der Waals surface area contributed by atoms with Gasteiger partial charge >= 0.3 is 6.09 Å². The molecule has 0 aliphatic rings. The van der Waals surface area contributed by atoms with E-state index in [9.17, 15) is 9.59 Å². The quantitative estimate of drug-likeness (QED) is 0.338. The summed E-state index contributed by atoms with van der Waals surface area (Å²) in [7, 11) is 3.65. The van der Waals surface area contributed by atoms with Crippen LogP contribution in [0.25, 0.3) is 5.82 Å². The fraction of sp³-hybridized carbons (Fsp3) is 0.350. The minimum absolute atomic E-state index is 0.0149. The van der Waals surface area contributed by atoms with Crippen molar-refractivity contribution < 1.29 is 19.0 Å². The van der Waals surface area contributed by atoms with E-state index in [0.29, 0.717) is 36.6 Å². The van der Waals surface area contributed by atoms with E-state index in [1.807, 2.05) is 32.8 Å². The highest BCUT2D eigenvalue weighted by Crippen LogP contribution is 2.17. The van der Waals surface area contributed by atoms with Crippen LogP contribution in [0.15, 0.2) is 34.0 Å². The summed E-state index contributed by atoms with van der Waals surface area (Å²) in [5.74, 6) is -0.0152. The standard InChI is InChI=1S/C20H26N10O4/c1-5-29(6-2)20(32)33-14-9-7-13(8-10-14)11-22-24-19(31)16-15(12-28(3)4)30(27-23-16)18-17(21)25-34-26-18/h7-11H,5-6,12H2,1-4H3,(H2,21,25)(H,24,31)/b22-11-. The number of anilines is 1. The molecule has 0 bridgehead atoms. The number of amides is 2. The summed E-state index contributed by atoms with van der Waals surface area (Å²) in [5.41, 5.74) is 9.33. The predicted molar refractivity (Wildman–Crippen MR) is 121 cm³/mol. The first-order valence-corrected chi connectivity index (χ1v) is 10.4. The third kappa shape index (κ3) is 5.72. The maximum atomic E-state index is 12.7. The molecule has 0 aliphatic heterocycles. The Balaban J connectivity index is 1.67. The van der Waals surface area contributed by atoms with Crippen LogP contribution in [0.4, 0.5) is 10.6 Å². The number of carbonyl (C=O) groups is 2. The number of hydrazone groups is 1. The Morgan fingerprint density at radius 3 is 2.50 bits per heavy atom. The number of hydrogen-bond donors (Lipinski definition) is 2. The van der Waals surface area contributed by atoms with Gasteiger partial charge in [-0.2, -0.15) is 9.78 Å². The van der Waals surface area contributed by atoms with Crippen LogP contribution >= 0.6 is 0 Å². The minimum atomic E-state index is -0.570. The molecule has 3 aromatic rings. The Kier molecular flexibility index (Phi) is 7.87. The SMILES string of the molecule is CCN(CC)C(=O)Oc1ccc(/C=N\NC(=O)c2nnn(-c3nonc3N)c2CN(C)C)cc1. The van der Waals surface area contributed by atoms with Crippen molar-refractivity contribution in [2.24, 2.45) is 5.10 Å². The molecule has 0 saturated carbocycles. The molecule has 2 amide bonds. The van der Waals surface area contributed by atoms with E-state index < -0.39 is 12.0 Å². The Hall–Kier alpha value is -4.33. The van der Waals surface area contributed by atoms with Gasteiger partial charge in [0.2, 0.25) is 11.6 Å². The van der Waals surface area contributed by atoms with Crippen molar-refractivity contribution in [1.82, 2.24) is 40.5 Å². The monoisotopic (exact) mass is 470 g/mol. The molecule has 1 aromatic carbocycles. The third-order valence-electron chi connectivity index (χ3n) is 4.63. The zero-order valence-corrected chi connectivity index (χ0v) is 19.3. The van der Waals surface area contributed by atoms with E-state index in [1.54, 1.807) is 29.2 Å². The number of rotatable bonds is 9. The fourth-order valence-corrected chi connectivity index (χ4v) is 2.91. The number of nitrogen functional groups attached to an aromatic ring is 1. The molecule has 0 aliphatic carbocycles. The van der Waals surface area contributed by atoms with E-state index >= 15 is 0 Å². The second kappa shape index (κ2) is 11.0. The lowest BCUT2D eigenvalue weighted by Gasteiger charge is -2.17. The van der Waals surface area contributed by atoms with Crippen LogP contribution in [0, 0.1) is 0 Å². The smallest absolute Gasteiger partial charge is 0.410 e. The van der Waals surface area contributed by atoms with Crippen molar-refractivity contribution in [3.05, 3.63) is 41.2 Å². The van der Waals surface area contributed by atoms with Crippen molar-refractivity contribution in [2.45, 2.75) is 20.4 Å². The van der Waals surface area contributed by atoms with Gasteiger partial charge in [0.15, 0.2) is 5.69 Å². The van der Waals surface area contributed by atoms with E-state index in [0.717, 1.165) is 0 Å². The molecule has 2 aromatic heterocycles. The highest BCUT2D eigenvalue weighted by molar-refractivity contribution is 5.94. The molecule has 180 valence electrons. The van der Waals surface area contributed by atoms with Gasteiger partial charge in [-0.25, -0.2) is 14.8 Å². The van der Waals surface area contributed by atoms with Crippen molar-refractivity contribution >= 4 is 24.0 Å². The largest absolute Gasteiger partial charge is 0.415 e. The summed E-state index contributed by atoms with van der Waals surface area (Å²) in [6, 6.07) is 6.69. The average molecular weight is 470 g/mol. The summed E-state index contributed by atoms with van der Waals surface area (Å²) < 4.78 is 11.2. The summed E-state index contributed by atoms with van der Waals surface area (Å²) in [5, 5.41) is 19.1. The third-order valence-corrected chi connectivity index (χ3v) is 4.63. The highest BCUT2D eigenvalue weighted by atomic mass is 16.6. The lowest BCUT2D eigenvalue weighted by Crippen LogP contribution is -2.33. The predicted octanol–water partition coefficient (Wildman–Crippen LogP) is 0.899. The number of nitrogens with one attached hydrogen (secondary N) is 1. The zero-order valence-electron chi connectivity index (χ0n) is 19.3. The van der Waals surface area contributed by atoms with Crippen LogP contribution in [0.5, 0.6) is 5.75 Å². The molecule has 0 fully saturated rings. The lowest BCUT2D eigenvalue weighted by molar-refractivity contribution is 0.0948. The van der Waals surface area contributed by atoms with Crippen LogP contribution in [-0.4, -0.2) is 80.5 Å². The molecule has 0 spiro atoms. The Morgan fingerprint density at radius 2 is 1.91 bits per heavy atom. The van der Waals surface area contributed by atoms with E-state index in [-0.39, 0.29) is 17.3 Å². The van der Waals surface area contributed by atoms with Crippen LogP contribution in [0.3, 0.4) is 0 Å². The van der Waals surface area contributed by atoms with Gasteiger partial charge in [0.1, 0.15) is 5.75 Å². The Bertz CT molecular complexity index is 1150. The van der Waals surface area contributed by atoms with Crippen molar-refractivity contribution in [2.75, 3.05) is 32.9 Å². The number of carbonyl (C=O) groups excluding carboxylic acids is 2. The van der Waals surface area contributed by atoms with Crippen molar-refractivity contribution in [1.29, 1.82) is 0 Å². The summed E-state index contributed by atoms with van der Waals surface area (Å²) in [6.07, 6.45) is 1.03. The Morgan fingerprint density at radius 1 is 1.21 bits per heavy atom. The first-order chi connectivity index (χ1) is 16.3. The molecule has 0 radical (unpaired) electrons. The van der Waals surface area contributed by atoms with Gasteiger partial charge in [0, 0.05) is 19.6 Å². The number of hydrogen-bond acceptors (Lipinski definition) is 11. The summed E-state index contributed by atoms with van der Waals surface area (Å²) >= 11 is 0. The van der Waals surface area contributed by atoms with Gasteiger partial charge in [-0.1, -0.05) is 5.21 Å². The molecule has 0 saturated heterocycles. The van der Waals surface area contributed by atoms with E-state index in [2.05, 4.69) is 35.8 Å². The van der Waals surface area contributed by atoms with Crippen LogP contribution in [0.1, 0.15) is 35.6 Å². The van der Waals surface area contributed by atoms with Gasteiger partial charge in [-0.05, 0) is 68.1 Å². The molecule has 2 heterocycles. The van der Waals surface area contributed by atoms with E-state index in [1.165, 1.54) is 10.9 Å². The number of nitrogens with zero attached hydrogens (tertiary/aromatic N) is 8. The second-order valence-corrected chi connectivity index (χ2v) is 7.32. The minimum Gasteiger partial charge on any atom is -0.410 e. The topological polar surface area (TPSA) is 170 Å². The number of ether oxygens (including phenoxy) is 1. The maximum absolute atomic E-state index is 12.7. The first kappa shape index (κ1) is 24.3. The highest BCUT2D eigenvalue weighted by Gasteiger charge is 2.24. The Labute approximate surface area is 195 Å². The van der Waals surface area contributed by atoms with Crippen LogP contribution in [-0.2, 0) is 6.54 Å². The summed E-state index contributed by atoms with van der Waals surface area (Å²) in [6.45, 7) is 5.20. The van der Waals surface area contributed by atoms with Crippen LogP contribution < -0.4 is 15.9 Å². The molecule has 3 N–H and O–H groups in total. The molecule has 34 heavy (non-hydrogen) atoms. The molecule has 0 atom stereocenters. The zero-order chi connectivity index (χ0) is 24.7. The van der Waals surface area contributed by atoms with Crippen molar-refractivity contribution in [3.8, 4) is 11.6 Å². The number of benzene rings is 1. The second-order valence-electron chi connectivity index (χ2n) is 7.32. The maximum Gasteiger partial charge on any atom is 0.415 e. The number of nitrogens with two attached hydrogens (primary N) is 1. The molecule has 14 nitrogen and oxygen atoms in total. The average Bonchev–Trinajstić information content (AvgIpc) is 3.41. The van der Waals surface area contributed by atoms with Crippen molar-refractivity contribution in [3.63, 3.8) is 0 Å². The van der Waals surface area contributed by atoms with E-state index in [4.69, 9.17) is 10.5 Å². The van der Waals surface area contributed by atoms with Gasteiger partial charge in [-0.3, -0.25) is 4.79 Å². The molecule has 0 unspecified atom stereocenters. The number of aromatic nitrogens is 5. The lowest BCUT2D eigenvalue weighted by atomic mass is 10.2. The molecule has 3 rings (SSSR count). The van der Waals surface area contributed by atoms with Crippen LogP contribution in [0.2, 0.25) is 0 Å². The fourth-order valence-electron chi connectivity index (χ4n) is 2.91. The van der Waals surface area contributed by atoms with Gasteiger partial charge in [-0.15, -0.1) is 5.10 Å². The summed E-state index contributed by atoms with van der Waals surface area (Å²) in [4.78, 5) is 28.1. The first-order valence-electron chi connectivity index (χ1n) is 10.4. The molecular weight excluding hydrogens is 444 g/mol. The van der Waals surface area contributed by atoms with Gasteiger partial charge in [0.05, 0.1) is 11.9 Å². The molecule has 14 heteroatoms.